The van der Waals surface area contributed by atoms with Gasteiger partial charge in [0.25, 0.3) is 12.3 Å². The van der Waals surface area contributed by atoms with Gasteiger partial charge in [-0.25, -0.2) is 28.2 Å². The maximum Gasteiger partial charge on any atom is 0.405 e. The van der Waals surface area contributed by atoms with Gasteiger partial charge in [0.15, 0.2) is 11.4 Å². The molecule has 3 aliphatic rings. The lowest BCUT2D eigenvalue weighted by Crippen LogP contribution is -2.44. The Labute approximate surface area is 390 Å². The first kappa shape index (κ1) is 47.3. The monoisotopic (exact) mass is 960 g/mol. The van der Waals surface area contributed by atoms with Crippen molar-refractivity contribution in [1.29, 1.82) is 0 Å². The van der Waals surface area contributed by atoms with Gasteiger partial charge in [-0.15, -0.1) is 0 Å². The zero-order valence-electron chi connectivity index (χ0n) is 37.3. The van der Waals surface area contributed by atoms with Crippen molar-refractivity contribution in [2.75, 3.05) is 43.5 Å². The number of aryl methyl sites for hydroxylation is 3. The lowest BCUT2D eigenvalue weighted by Gasteiger charge is -2.22. The minimum atomic E-state index is -4.47. The second-order valence-electron chi connectivity index (χ2n) is 17.5. The smallest absolute Gasteiger partial charge is 0.405 e. The van der Waals surface area contributed by atoms with Gasteiger partial charge in [0.05, 0.1) is 54.0 Å². The third kappa shape index (κ3) is 10.5. The molecule has 6 aromatic rings. The Morgan fingerprint density at radius 2 is 1.77 bits per heavy atom. The van der Waals surface area contributed by atoms with Gasteiger partial charge in [-0.2, -0.15) is 18.3 Å². The number of alkyl halides is 5. The van der Waals surface area contributed by atoms with Gasteiger partial charge < -0.3 is 29.8 Å². The van der Waals surface area contributed by atoms with Crippen molar-refractivity contribution in [2.24, 2.45) is 18.9 Å². The Kier molecular flexibility index (Phi) is 13.7. The van der Waals surface area contributed by atoms with Crippen molar-refractivity contribution < 1.29 is 50.2 Å². The summed E-state index contributed by atoms with van der Waals surface area (Å²) in [5.41, 5.74) is 2.82. The van der Waals surface area contributed by atoms with Crippen LogP contribution in [-0.2, 0) is 39.0 Å². The van der Waals surface area contributed by atoms with Crippen LogP contribution in [0.2, 0.25) is 0 Å². The average Bonchev–Trinajstić information content (AvgIpc) is 4.18. The molecule has 0 saturated carbocycles. The van der Waals surface area contributed by atoms with Crippen LogP contribution in [-0.4, -0.2) is 97.8 Å². The first-order valence-corrected chi connectivity index (χ1v) is 22.7. The molecular weight excluding hydrogens is 912 g/mol. The number of rotatable bonds is 18. The largest absolute Gasteiger partial charge is 0.444 e. The summed E-state index contributed by atoms with van der Waals surface area (Å²) in [6, 6.07) is 15.0. The van der Waals surface area contributed by atoms with Crippen LogP contribution in [0.25, 0.3) is 28.2 Å². The van der Waals surface area contributed by atoms with E-state index >= 15 is 0 Å². The number of nitrogens with zero attached hydrogens (tertiary/aromatic N) is 6. The normalized spacial score (nSPS) is 20.5. The molecule has 4 aromatic heterocycles. The van der Waals surface area contributed by atoms with Crippen LogP contribution in [0.1, 0.15) is 71.9 Å². The molecule has 3 aliphatic heterocycles. The number of benzene rings is 2. The Morgan fingerprint density at radius 3 is 2.54 bits per heavy atom. The molecule has 3 saturated heterocycles. The molecule has 5 atom stereocenters. The summed E-state index contributed by atoms with van der Waals surface area (Å²) in [5, 5.41) is 14.5. The number of carbonyl (C=O) groups is 3. The number of oxazole rings is 1. The van der Waals surface area contributed by atoms with E-state index in [4.69, 9.17) is 13.9 Å². The summed E-state index contributed by atoms with van der Waals surface area (Å²) in [6.07, 6.45) is 0.634. The molecule has 7 heterocycles. The highest BCUT2D eigenvalue weighted by Crippen LogP contribution is 2.37. The van der Waals surface area contributed by atoms with Crippen LogP contribution in [0.5, 0.6) is 0 Å². The van der Waals surface area contributed by atoms with Crippen LogP contribution < -0.4 is 27.0 Å². The lowest BCUT2D eigenvalue weighted by atomic mass is 9.92. The third-order valence-electron chi connectivity index (χ3n) is 12.8. The Hall–Kier alpha value is -6.78. The molecule has 5 unspecified atom stereocenters. The zero-order valence-corrected chi connectivity index (χ0v) is 37.3. The molecule has 22 heteroatoms. The fourth-order valence-corrected chi connectivity index (χ4v) is 9.43. The van der Waals surface area contributed by atoms with Gasteiger partial charge in [0, 0.05) is 43.6 Å². The number of para-hydroxylation sites is 1. The van der Waals surface area contributed by atoms with Gasteiger partial charge in [-0.3, -0.25) is 28.8 Å². The fourth-order valence-electron chi connectivity index (χ4n) is 9.43. The Balaban J connectivity index is 0.723. The number of pyridine rings is 1. The van der Waals surface area contributed by atoms with Crippen LogP contribution in [0.4, 0.5) is 33.5 Å². The maximum absolute atomic E-state index is 14.1. The molecule has 0 spiro atoms. The van der Waals surface area contributed by atoms with E-state index < -0.39 is 42.7 Å². The van der Waals surface area contributed by atoms with Crippen LogP contribution in [0.3, 0.4) is 0 Å². The molecule has 9 rings (SSSR count). The molecule has 2 aromatic carbocycles. The minimum Gasteiger partial charge on any atom is -0.444 e. The van der Waals surface area contributed by atoms with Crippen LogP contribution in [0.15, 0.2) is 82.5 Å². The number of fused-ring (bicyclic) bond motifs is 2. The topological polar surface area (TPSA) is 201 Å². The summed E-state index contributed by atoms with van der Waals surface area (Å²) in [7, 11) is 1.71. The van der Waals surface area contributed by atoms with Gasteiger partial charge >= 0.3 is 11.9 Å². The average molecular weight is 961 g/mol. The number of imide groups is 1. The molecule has 0 bridgehead atoms. The standard InChI is InChI=1S/C47H49F5N10O7/c1-60-39-27(6-3-9-34(39)62(46(60)66)35-14-15-37(63)58-44(35)65)8-4-17-53-20-30-23-68-40-29(22-67-41(30)40)7-2-5-26-10-12-31(13-11-26)61-21-32(38(59-61)42(48)49)56-43(64)33-24-69-45(57-33)28-16-18-54-36(19-28)55-25-47(50,51)52/h3,6,9-13,16,18-19,21,24,29-30,35,40-42,53H,2,4-5,7-8,14-15,17,20,22-23,25H2,1H3,(H,54,55)(H,56,64)(H,58,63,65). The van der Waals surface area contributed by atoms with Gasteiger partial charge in [-0.05, 0) is 86.5 Å². The number of anilines is 2. The van der Waals surface area contributed by atoms with E-state index in [0.717, 1.165) is 68.1 Å². The van der Waals surface area contributed by atoms with Gasteiger partial charge in [0.1, 0.15) is 24.7 Å². The molecule has 17 nitrogen and oxygen atoms in total. The molecule has 3 fully saturated rings. The van der Waals surface area contributed by atoms with E-state index in [9.17, 15) is 41.1 Å². The first-order chi connectivity index (χ1) is 33.2. The maximum atomic E-state index is 14.1. The van der Waals surface area contributed by atoms with E-state index in [-0.39, 0.29) is 77.1 Å². The highest BCUT2D eigenvalue weighted by Gasteiger charge is 2.46. The molecule has 0 radical (unpaired) electrons. The molecular formula is C47H49F5N10O7. The molecule has 364 valence electrons. The van der Waals surface area contributed by atoms with E-state index in [1.165, 1.54) is 33.8 Å². The Morgan fingerprint density at radius 1 is 0.986 bits per heavy atom. The van der Waals surface area contributed by atoms with E-state index in [1.807, 2.05) is 30.3 Å². The number of amides is 3. The number of piperidine rings is 1. The minimum absolute atomic E-state index is 0.00734. The van der Waals surface area contributed by atoms with Crippen molar-refractivity contribution in [1.82, 2.24) is 39.5 Å². The molecule has 69 heavy (non-hydrogen) atoms. The van der Waals surface area contributed by atoms with Crippen molar-refractivity contribution >= 4 is 40.3 Å². The van der Waals surface area contributed by atoms with Crippen LogP contribution >= 0.6 is 0 Å². The van der Waals surface area contributed by atoms with Crippen molar-refractivity contribution in [2.45, 2.75) is 75.8 Å². The second-order valence-corrected chi connectivity index (χ2v) is 17.5. The van der Waals surface area contributed by atoms with E-state index in [1.54, 1.807) is 23.7 Å². The number of ether oxygens (including phenoxy) is 2. The fraction of sp³-hybridized carbons (Fsp3) is 0.426. The SMILES string of the molecule is Cn1c(=O)n(C2CCC(=O)NC2=O)c2cccc(CCCNCC3COC4C(CCCc5ccc(-n6cc(NC(=O)c7coc(-c8ccnc(NCC(F)(F)F)c8)n7)c(C(F)F)n6)cc5)COC34)c21. The highest BCUT2D eigenvalue weighted by atomic mass is 19.4. The van der Waals surface area contributed by atoms with Crippen molar-refractivity contribution in [3.05, 3.63) is 106 Å². The van der Waals surface area contributed by atoms with Gasteiger partial charge in [-0.1, -0.05) is 24.3 Å². The number of hydrogen-bond donors (Lipinski definition) is 4. The van der Waals surface area contributed by atoms with Crippen molar-refractivity contribution in [3.63, 3.8) is 0 Å². The van der Waals surface area contributed by atoms with Gasteiger partial charge in [0.2, 0.25) is 17.7 Å². The zero-order chi connectivity index (χ0) is 48.4. The predicted molar refractivity (Wildman–Crippen MR) is 240 cm³/mol. The second kappa shape index (κ2) is 20.1. The number of carbonyl (C=O) groups excluding carboxylic acids is 3. The Bertz CT molecular complexity index is 2890. The van der Waals surface area contributed by atoms with E-state index in [2.05, 4.69) is 36.3 Å². The number of halogens is 5. The molecule has 3 amide bonds. The summed E-state index contributed by atoms with van der Waals surface area (Å²) in [6.45, 7) is 1.41. The summed E-state index contributed by atoms with van der Waals surface area (Å²) in [5.74, 6) is -1.37. The van der Waals surface area contributed by atoms with E-state index in [0.29, 0.717) is 24.4 Å². The predicted octanol–water partition coefficient (Wildman–Crippen LogP) is 6.29. The third-order valence-corrected chi connectivity index (χ3v) is 12.8. The van der Waals surface area contributed by atoms with Crippen LogP contribution in [0, 0.1) is 11.8 Å². The highest BCUT2D eigenvalue weighted by molar-refractivity contribution is 6.03. The number of nitrogens with one attached hydrogen (secondary N) is 4. The quantitative estimate of drug-likeness (QED) is 0.0427. The summed E-state index contributed by atoms with van der Waals surface area (Å²) < 4.78 is 88.4. The summed E-state index contributed by atoms with van der Waals surface area (Å²) >= 11 is 0. The number of imidazole rings is 1. The molecule has 4 N–H and O–H groups in total. The van der Waals surface area contributed by atoms with Crippen molar-refractivity contribution in [3.8, 4) is 17.1 Å². The summed E-state index contributed by atoms with van der Waals surface area (Å²) in [4.78, 5) is 58.6. The molecule has 0 aliphatic carbocycles. The lowest BCUT2D eigenvalue weighted by molar-refractivity contribution is -0.135. The number of hydrogen-bond acceptors (Lipinski definition) is 12. The number of aromatic nitrogens is 6. The first-order valence-electron chi connectivity index (χ1n) is 22.7.